The molecule has 1 aliphatic rings. The lowest BCUT2D eigenvalue weighted by Crippen LogP contribution is -2.35. The lowest BCUT2D eigenvalue weighted by atomic mass is 10.00. The predicted molar refractivity (Wildman–Crippen MR) is 80.6 cm³/mol. The number of phenolic OH excluding ortho intramolecular Hbond substituents is 2. The van der Waals surface area contributed by atoms with Crippen molar-refractivity contribution >= 4 is 17.3 Å². The molecule has 2 aromatic carbocycles. The maximum absolute atomic E-state index is 12.6. The molecule has 0 aromatic heterocycles. The molecule has 2 aromatic rings. The van der Waals surface area contributed by atoms with Crippen LogP contribution in [-0.4, -0.2) is 22.7 Å². The van der Waals surface area contributed by atoms with Crippen LogP contribution in [0.4, 0.5) is 11.4 Å². The third-order valence-corrected chi connectivity index (χ3v) is 3.70. The van der Waals surface area contributed by atoms with Crippen molar-refractivity contribution in [1.82, 2.24) is 0 Å². The van der Waals surface area contributed by atoms with E-state index in [0.29, 0.717) is 17.8 Å². The molecule has 5 heteroatoms. The molecule has 0 radical (unpaired) electrons. The van der Waals surface area contributed by atoms with E-state index in [4.69, 9.17) is 5.73 Å². The number of aryl methyl sites for hydroxylation is 1. The number of hydrogen-bond acceptors (Lipinski definition) is 4. The van der Waals surface area contributed by atoms with Gasteiger partial charge in [0.2, 0.25) is 0 Å². The molecule has 0 spiro atoms. The van der Waals surface area contributed by atoms with E-state index >= 15 is 0 Å². The van der Waals surface area contributed by atoms with Gasteiger partial charge >= 0.3 is 0 Å². The maximum Gasteiger partial charge on any atom is 0.258 e. The van der Waals surface area contributed by atoms with Gasteiger partial charge in [-0.1, -0.05) is 6.07 Å². The molecule has 1 aliphatic heterocycles. The van der Waals surface area contributed by atoms with Crippen molar-refractivity contribution in [3.63, 3.8) is 0 Å². The highest BCUT2D eigenvalue weighted by Gasteiger charge is 2.24. The van der Waals surface area contributed by atoms with Gasteiger partial charge in [-0.2, -0.15) is 0 Å². The fourth-order valence-electron chi connectivity index (χ4n) is 2.61. The minimum Gasteiger partial charge on any atom is -0.504 e. The Hall–Kier alpha value is -2.69. The first-order chi connectivity index (χ1) is 10.1. The van der Waals surface area contributed by atoms with Crippen LogP contribution in [0.3, 0.4) is 0 Å². The van der Waals surface area contributed by atoms with Crippen LogP contribution < -0.4 is 10.6 Å². The minimum absolute atomic E-state index is 0.211. The zero-order valence-electron chi connectivity index (χ0n) is 11.4. The Morgan fingerprint density at radius 2 is 1.90 bits per heavy atom. The number of anilines is 2. The number of carbonyl (C=O) groups is 1. The largest absolute Gasteiger partial charge is 0.504 e. The molecular formula is C16H16N2O3. The van der Waals surface area contributed by atoms with Gasteiger partial charge in [-0.3, -0.25) is 4.79 Å². The molecule has 0 saturated carbocycles. The summed E-state index contributed by atoms with van der Waals surface area (Å²) in [4.78, 5) is 14.3. The number of rotatable bonds is 1. The average molecular weight is 284 g/mol. The average Bonchev–Trinajstić information content (AvgIpc) is 2.48. The summed E-state index contributed by atoms with van der Waals surface area (Å²) < 4.78 is 0. The Morgan fingerprint density at radius 3 is 2.67 bits per heavy atom. The van der Waals surface area contributed by atoms with Crippen LogP contribution in [0.5, 0.6) is 11.5 Å². The maximum atomic E-state index is 12.6. The molecule has 0 aliphatic carbocycles. The van der Waals surface area contributed by atoms with Gasteiger partial charge in [-0.25, -0.2) is 0 Å². The van der Waals surface area contributed by atoms with E-state index in [-0.39, 0.29) is 17.4 Å². The van der Waals surface area contributed by atoms with Crippen LogP contribution in [-0.2, 0) is 6.42 Å². The molecule has 108 valence electrons. The molecular weight excluding hydrogens is 268 g/mol. The highest BCUT2D eigenvalue weighted by Crippen LogP contribution is 2.32. The van der Waals surface area contributed by atoms with Crippen LogP contribution in [0.25, 0.3) is 0 Å². The number of hydrogen-bond donors (Lipinski definition) is 3. The number of nitrogen functional groups attached to an aromatic ring is 1. The smallest absolute Gasteiger partial charge is 0.258 e. The Labute approximate surface area is 122 Å². The molecule has 0 unspecified atom stereocenters. The standard InChI is InChI=1S/C16H16N2O3/c17-12-5-3-10-2-1-7-18(13(10)9-12)16(21)11-4-6-14(19)15(20)8-11/h3-6,8-9,19-20H,1-2,7,17H2. The zero-order valence-corrected chi connectivity index (χ0v) is 11.4. The fraction of sp³-hybridized carbons (Fsp3) is 0.188. The van der Waals surface area contributed by atoms with Gasteiger partial charge in [0.1, 0.15) is 0 Å². The van der Waals surface area contributed by atoms with Crippen molar-refractivity contribution in [2.24, 2.45) is 0 Å². The van der Waals surface area contributed by atoms with E-state index in [1.807, 2.05) is 12.1 Å². The van der Waals surface area contributed by atoms with Crippen molar-refractivity contribution in [3.05, 3.63) is 47.5 Å². The Morgan fingerprint density at radius 1 is 1.10 bits per heavy atom. The molecule has 21 heavy (non-hydrogen) atoms. The molecule has 5 nitrogen and oxygen atoms in total. The van der Waals surface area contributed by atoms with Gasteiger partial charge in [-0.05, 0) is 48.7 Å². The normalized spacial score (nSPS) is 13.8. The molecule has 4 N–H and O–H groups in total. The van der Waals surface area contributed by atoms with Crippen LogP contribution in [0.2, 0.25) is 0 Å². The predicted octanol–water partition coefficient (Wildman–Crippen LogP) is 2.27. The number of aromatic hydroxyl groups is 2. The summed E-state index contributed by atoms with van der Waals surface area (Å²) in [6.07, 6.45) is 1.80. The van der Waals surface area contributed by atoms with Gasteiger partial charge < -0.3 is 20.8 Å². The van der Waals surface area contributed by atoms with Crippen molar-refractivity contribution in [1.29, 1.82) is 0 Å². The van der Waals surface area contributed by atoms with Crippen LogP contribution >= 0.6 is 0 Å². The van der Waals surface area contributed by atoms with Gasteiger partial charge in [0.15, 0.2) is 11.5 Å². The first-order valence-corrected chi connectivity index (χ1v) is 6.78. The highest BCUT2D eigenvalue weighted by molar-refractivity contribution is 6.07. The topological polar surface area (TPSA) is 86.8 Å². The van der Waals surface area contributed by atoms with Gasteiger partial charge in [0.05, 0.1) is 0 Å². The van der Waals surface area contributed by atoms with Crippen LogP contribution in [0.15, 0.2) is 36.4 Å². The van der Waals surface area contributed by atoms with E-state index in [2.05, 4.69) is 0 Å². The van der Waals surface area contributed by atoms with Crippen molar-refractivity contribution in [2.75, 3.05) is 17.2 Å². The third-order valence-electron chi connectivity index (χ3n) is 3.70. The number of amides is 1. The summed E-state index contributed by atoms with van der Waals surface area (Å²) >= 11 is 0. The second-order valence-electron chi connectivity index (χ2n) is 5.15. The number of nitrogens with zero attached hydrogens (tertiary/aromatic N) is 1. The van der Waals surface area contributed by atoms with Gasteiger partial charge in [0.25, 0.3) is 5.91 Å². The van der Waals surface area contributed by atoms with Gasteiger partial charge in [0, 0.05) is 23.5 Å². The number of carbonyl (C=O) groups excluding carboxylic acids is 1. The summed E-state index contributed by atoms with van der Waals surface area (Å²) in [6.45, 7) is 0.608. The number of nitrogens with two attached hydrogens (primary N) is 1. The quantitative estimate of drug-likeness (QED) is 0.554. The van der Waals surface area contributed by atoms with Crippen molar-refractivity contribution in [3.8, 4) is 11.5 Å². The molecule has 1 heterocycles. The second-order valence-corrected chi connectivity index (χ2v) is 5.15. The second kappa shape index (κ2) is 5.01. The summed E-state index contributed by atoms with van der Waals surface area (Å²) in [7, 11) is 0. The SMILES string of the molecule is Nc1ccc2c(c1)N(C(=O)c1ccc(O)c(O)c1)CCC2. The number of phenols is 2. The molecule has 1 amide bonds. The van der Waals surface area contributed by atoms with Crippen molar-refractivity contribution < 1.29 is 15.0 Å². The molecule has 0 atom stereocenters. The van der Waals surface area contributed by atoms with E-state index in [1.54, 1.807) is 11.0 Å². The Bertz CT molecular complexity index is 713. The Balaban J connectivity index is 1.99. The molecule has 0 saturated heterocycles. The monoisotopic (exact) mass is 284 g/mol. The van der Waals surface area contributed by atoms with Crippen LogP contribution in [0.1, 0.15) is 22.3 Å². The van der Waals surface area contributed by atoms with Gasteiger partial charge in [-0.15, -0.1) is 0 Å². The fourth-order valence-corrected chi connectivity index (χ4v) is 2.61. The molecule has 3 rings (SSSR count). The summed E-state index contributed by atoms with van der Waals surface area (Å²) in [5.74, 6) is -0.752. The van der Waals surface area contributed by atoms with Crippen LogP contribution in [0, 0.1) is 0 Å². The summed E-state index contributed by atoms with van der Waals surface area (Å²) in [6, 6.07) is 9.66. The van der Waals surface area contributed by atoms with E-state index < -0.39 is 0 Å². The number of benzene rings is 2. The third kappa shape index (κ3) is 2.38. The zero-order chi connectivity index (χ0) is 15.0. The van der Waals surface area contributed by atoms with E-state index in [0.717, 1.165) is 24.1 Å². The summed E-state index contributed by atoms with van der Waals surface area (Å²) in [5.41, 5.74) is 8.67. The Kier molecular flexibility index (Phi) is 3.17. The number of fused-ring (bicyclic) bond motifs is 1. The lowest BCUT2D eigenvalue weighted by Gasteiger charge is -2.30. The lowest BCUT2D eigenvalue weighted by molar-refractivity contribution is 0.0984. The molecule has 0 bridgehead atoms. The van der Waals surface area contributed by atoms with E-state index in [9.17, 15) is 15.0 Å². The summed E-state index contributed by atoms with van der Waals surface area (Å²) in [5, 5.41) is 18.9. The first kappa shape index (κ1) is 13.3. The van der Waals surface area contributed by atoms with E-state index in [1.165, 1.54) is 18.2 Å². The minimum atomic E-state index is -0.300. The molecule has 0 fully saturated rings. The van der Waals surface area contributed by atoms with Crippen molar-refractivity contribution in [2.45, 2.75) is 12.8 Å². The first-order valence-electron chi connectivity index (χ1n) is 6.78. The highest BCUT2D eigenvalue weighted by atomic mass is 16.3.